The largest absolute Gasteiger partial charge is 0.488 e. The van der Waals surface area contributed by atoms with Crippen molar-refractivity contribution in [3.63, 3.8) is 0 Å². The number of ether oxygens (including phenoxy) is 2. The summed E-state index contributed by atoms with van der Waals surface area (Å²) >= 11 is 3.50. The number of halogens is 1. The van der Waals surface area contributed by atoms with Crippen molar-refractivity contribution < 1.29 is 14.6 Å². The number of benzene rings is 3. The smallest absolute Gasteiger partial charge is 0.137 e. The summed E-state index contributed by atoms with van der Waals surface area (Å²) in [6.45, 7) is 0.811. The molecule has 0 fully saturated rings. The van der Waals surface area contributed by atoms with Gasteiger partial charge in [-0.15, -0.1) is 0 Å². The molecule has 128 valence electrons. The fourth-order valence-electron chi connectivity index (χ4n) is 2.42. The van der Waals surface area contributed by atoms with Crippen LogP contribution in [-0.2, 0) is 19.8 Å². The third kappa shape index (κ3) is 4.84. The Labute approximate surface area is 156 Å². The Bertz CT molecular complexity index is 804. The third-order valence-corrected chi connectivity index (χ3v) is 4.38. The predicted octanol–water partition coefficient (Wildman–Crippen LogP) is 5.10. The molecule has 0 aliphatic carbocycles. The lowest BCUT2D eigenvalue weighted by Gasteiger charge is -2.15. The second kappa shape index (κ2) is 8.70. The molecule has 25 heavy (non-hydrogen) atoms. The molecule has 1 N–H and O–H groups in total. The van der Waals surface area contributed by atoms with Gasteiger partial charge in [0, 0.05) is 11.6 Å². The van der Waals surface area contributed by atoms with Crippen LogP contribution in [0.3, 0.4) is 0 Å². The Hall–Kier alpha value is -2.30. The number of aliphatic hydroxyl groups is 1. The molecular weight excluding hydrogens is 380 g/mol. The molecule has 0 aliphatic rings. The molecule has 0 spiro atoms. The Morgan fingerprint density at radius 2 is 1.24 bits per heavy atom. The summed E-state index contributed by atoms with van der Waals surface area (Å²) in [7, 11) is 0. The van der Waals surface area contributed by atoms with Crippen molar-refractivity contribution in [1.29, 1.82) is 0 Å². The number of hydrogen-bond donors (Lipinski definition) is 1. The molecule has 0 heterocycles. The molecule has 0 aromatic heterocycles. The van der Waals surface area contributed by atoms with Crippen LogP contribution in [0.2, 0.25) is 0 Å². The molecule has 3 aromatic carbocycles. The monoisotopic (exact) mass is 398 g/mol. The van der Waals surface area contributed by atoms with Crippen molar-refractivity contribution in [2.24, 2.45) is 0 Å². The van der Waals surface area contributed by atoms with E-state index in [4.69, 9.17) is 9.47 Å². The second-order valence-corrected chi connectivity index (χ2v) is 6.45. The molecule has 0 saturated carbocycles. The molecule has 0 aliphatic heterocycles. The van der Waals surface area contributed by atoms with E-state index in [1.807, 2.05) is 72.8 Å². The predicted molar refractivity (Wildman–Crippen MR) is 102 cm³/mol. The van der Waals surface area contributed by atoms with E-state index in [9.17, 15) is 5.11 Å². The minimum atomic E-state index is -0.0955. The minimum absolute atomic E-state index is 0.0955. The highest BCUT2D eigenvalue weighted by Gasteiger charge is 2.11. The molecular formula is C21H19BrO3. The molecule has 0 radical (unpaired) electrons. The highest BCUT2D eigenvalue weighted by atomic mass is 79.9. The Morgan fingerprint density at radius 1 is 0.720 bits per heavy atom. The standard InChI is InChI=1S/C21H19BrO3/c22-19-11-18(13-23)20(24-14-16-7-3-1-4-8-16)12-21(19)25-15-17-9-5-2-6-10-17/h1-12,23H,13-15H2. The van der Waals surface area contributed by atoms with E-state index in [1.165, 1.54) is 0 Å². The van der Waals surface area contributed by atoms with Gasteiger partial charge in [-0.25, -0.2) is 0 Å². The molecule has 3 nitrogen and oxygen atoms in total. The van der Waals surface area contributed by atoms with Crippen LogP contribution in [0, 0.1) is 0 Å². The van der Waals surface area contributed by atoms with Gasteiger partial charge < -0.3 is 14.6 Å². The number of rotatable bonds is 7. The fourth-order valence-corrected chi connectivity index (χ4v) is 2.92. The average molecular weight is 399 g/mol. The van der Waals surface area contributed by atoms with Gasteiger partial charge in [-0.2, -0.15) is 0 Å². The first-order valence-corrected chi connectivity index (χ1v) is 8.82. The highest BCUT2D eigenvalue weighted by Crippen LogP contribution is 2.34. The zero-order valence-corrected chi connectivity index (χ0v) is 15.3. The van der Waals surface area contributed by atoms with Gasteiger partial charge in [0.15, 0.2) is 0 Å². The van der Waals surface area contributed by atoms with Crippen LogP contribution in [0.15, 0.2) is 77.3 Å². The Morgan fingerprint density at radius 3 is 1.76 bits per heavy atom. The fraction of sp³-hybridized carbons (Fsp3) is 0.143. The maximum absolute atomic E-state index is 9.60. The van der Waals surface area contributed by atoms with Gasteiger partial charge in [0.2, 0.25) is 0 Å². The summed E-state index contributed by atoms with van der Waals surface area (Å²) in [5.41, 5.74) is 2.88. The Kier molecular flexibility index (Phi) is 6.09. The molecule has 3 rings (SSSR count). The topological polar surface area (TPSA) is 38.7 Å². The average Bonchev–Trinajstić information content (AvgIpc) is 2.67. The van der Waals surface area contributed by atoms with E-state index in [0.29, 0.717) is 24.7 Å². The van der Waals surface area contributed by atoms with Gasteiger partial charge in [-0.3, -0.25) is 0 Å². The van der Waals surface area contributed by atoms with Crippen molar-refractivity contribution in [3.8, 4) is 11.5 Å². The van der Waals surface area contributed by atoms with Crippen LogP contribution in [0.25, 0.3) is 0 Å². The first-order chi connectivity index (χ1) is 12.3. The summed E-state index contributed by atoms with van der Waals surface area (Å²) < 4.78 is 12.6. The van der Waals surface area contributed by atoms with E-state index in [-0.39, 0.29) is 6.61 Å². The Balaban J connectivity index is 1.75. The van der Waals surface area contributed by atoms with Gasteiger partial charge in [-0.05, 0) is 33.1 Å². The van der Waals surface area contributed by atoms with E-state index >= 15 is 0 Å². The third-order valence-electron chi connectivity index (χ3n) is 3.76. The van der Waals surface area contributed by atoms with Crippen LogP contribution in [0.5, 0.6) is 11.5 Å². The second-order valence-electron chi connectivity index (χ2n) is 5.60. The highest BCUT2D eigenvalue weighted by molar-refractivity contribution is 9.10. The van der Waals surface area contributed by atoms with Crippen molar-refractivity contribution in [3.05, 3.63) is 94.0 Å². The minimum Gasteiger partial charge on any atom is -0.488 e. The van der Waals surface area contributed by atoms with Gasteiger partial charge in [-0.1, -0.05) is 60.7 Å². The molecule has 0 saturated heterocycles. The van der Waals surface area contributed by atoms with E-state index in [2.05, 4.69) is 15.9 Å². The van der Waals surface area contributed by atoms with Crippen LogP contribution in [0.1, 0.15) is 16.7 Å². The van der Waals surface area contributed by atoms with E-state index in [0.717, 1.165) is 21.2 Å². The van der Waals surface area contributed by atoms with E-state index < -0.39 is 0 Å². The van der Waals surface area contributed by atoms with Gasteiger partial charge >= 0.3 is 0 Å². The van der Waals surface area contributed by atoms with Crippen LogP contribution >= 0.6 is 15.9 Å². The van der Waals surface area contributed by atoms with Crippen LogP contribution < -0.4 is 9.47 Å². The van der Waals surface area contributed by atoms with Crippen molar-refractivity contribution in [2.75, 3.05) is 0 Å². The zero-order valence-electron chi connectivity index (χ0n) is 13.7. The van der Waals surface area contributed by atoms with E-state index in [1.54, 1.807) is 0 Å². The summed E-state index contributed by atoms with van der Waals surface area (Å²) in [6, 6.07) is 23.6. The maximum Gasteiger partial charge on any atom is 0.137 e. The van der Waals surface area contributed by atoms with Crippen molar-refractivity contribution >= 4 is 15.9 Å². The summed E-state index contributed by atoms with van der Waals surface area (Å²) in [4.78, 5) is 0. The van der Waals surface area contributed by atoms with Gasteiger partial charge in [0.1, 0.15) is 24.7 Å². The molecule has 0 atom stereocenters. The maximum atomic E-state index is 9.60. The lowest BCUT2D eigenvalue weighted by atomic mass is 10.2. The van der Waals surface area contributed by atoms with Crippen LogP contribution in [-0.4, -0.2) is 5.11 Å². The lowest BCUT2D eigenvalue weighted by molar-refractivity contribution is 0.255. The summed E-state index contributed by atoms with van der Waals surface area (Å²) in [5, 5.41) is 9.60. The zero-order chi connectivity index (χ0) is 17.5. The quantitative estimate of drug-likeness (QED) is 0.601. The van der Waals surface area contributed by atoms with Gasteiger partial charge in [0.05, 0.1) is 11.1 Å². The van der Waals surface area contributed by atoms with Crippen molar-refractivity contribution in [2.45, 2.75) is 19.8 Å². The van der Waals surface area contributed by atoms with Gasteiger partial charge in [0.25, 0.3) is 0 Å². The number of hydrogen-bond acceptors (Lipinski definition) is 3. The molecule has 3 aromatic rings. The SMILES string of the molecule is OCc1cc(Br)c(OCc2ccccc2)cc1OCc1ccccc1. The molecule has 0 unspecified atom stereocenters. The molecule has 0 amide bonds. The van der Waals surface area contributed by atoms with Crippen molar-refractivity contribution in [1.82, 2.24) is 0 Å². The number of aliphatic hydroxyl groups excluding tert-OH is 1. The summed E-state index contributed by atoms with van der Waals surface area (Å²) in [5.74, 6) is 1.31. The normalized spacial score (nSPS) is 10.5. The molecule has 0 bridgehead atoms. The summed E-state index contributed by atoms with van der Waals surface area (Å²) in [6.07, 6.45) is 0. The lowest BCUT2D eigenvalue weighted by Crippen LogP contribution is -2.01. The molecule has 4 heteroatoms. The first-order valence-electron chi connectivity index (χ1n) is 8.03. The first kappa shape index (κ1) is 17.5. The van der Waals surface area contributed by atoms with Crippen LogP contribution in [0.4, 0.5) is 0 Å².